The zero-order valence-electron chi connectivity index (χ0n) is 19.3. The van der Waals surface area contributed by atoms with Crippen molar-refractivity contribution >= 4 is 18.0 Å². The Morgan fingerprint density at radius 1 is 1.03 bits per heavy atom. The van der Waals surface area contributed by atoms with Crippen molar-refractivity contribution in [2.75, 3.05) is 6.61 Å². The van der Waals surface area contributed by atoms with Crippen LogP contribution in [0.5, 0.6) is 0 Å². The zero-order chi connectivity index (χ0) is 23.9. The molecule has 2 aromatic carbocycles. The lowest BCUT2D eigenvalue weighted by Gasteiger charge is -2.32. The number of alkyl carbamates (subject to hydrolysis) is 1. The van der Waals surface area contributed by atoms with E-state index in [0.717, 1.165) is 41.5 Å². The predicted octanol–water partition coefficient (Wildman–Crippen LogP) is 4.06. The SMILES string of the molecule is CC1(C(=O)NC(C(=O)O)C2CC2)CCCC1NC(=O)OCC1c2ccccc2-c2ccccc21. The van der Waals surface area contributed by atoms with E-state index >= 15 is 0 Å². The van der Waals surface area contributed by atoms with Crippen molar-refractivity contribution in [3.05, 3.63) is 59.7 Å². The number of hydrogen-bond acceptors (Lipinski definition) is 4. The van der Waals surface area contributed by atoms with Crippen LogP contribution in [0.15, 0.2) is 48.5 Å². The minimum Gasteiger partial charge on any atom is -0.480 e. The Bertz CT molecular complexity index is 1080. The second kappa shape index (κ2) is 8.78. The van der Waals surface area contributed by atoms with E-state index in [1.807, 2.05) is 24.3 Å². The van der Waals surface area contributed by atoms with Crippen molar-refractivity contribution in [3.8, 4) is 11.1 Å². The summed E-state index contributed by atoms with van der Waals surface area (Å²) < 4.78 is 5.67. The van der Waals surface area contributed by atoms with Crippen molar-refractivity contribution in [1.82, 2.24) is 10.6 Å². The molecule has 0 heterocycles. The van der Waals surface area contributed by atoms with Crippen LogP contribution in [0.4, 0.5) is 4.79 Å². The van der Waals surface area contributed by atoms with Gasteiger partial charge in [0.15, 0.2) is 0 Å². The molecule has 7 heteroatoms. The smallest absolute Gasteiger partial charge is 0.407 e. The topological polar surface area (TPSA) is 105 Å². The molecule has 0 bridgehead atoms. The highest BCUT2D eigenvalue weighted by Gasteiger charge is 2.48. The van der Waals surface area contributed by atoms with E-state index < -0.39 is 29.6 Å². The van der Waals surface area contributed by atoms with E-state index in [-0.39, 0.29) is 24.3 Å². The van der Waals surface area contributed by atoms with Gasteiger partial charge in [-0.15, -0.1) is 0 Å². The van der Waals surface area contributed by atoms with Gasteiger partial charge in [0, 0.05) is 12.0 Å². The standard InChI is InChI=1S/C27H30N2O5/c1-27(25(32)29-23(24(30)31)16-12-13-16)14-6-11-22(27)28-26(33)34-15-21-19-9-4-2-7-17(19)18-8-3-5-10-20(18)21/h2-5,7-10,16,21-23H,6,11-15H2,1H3,(H,28,33)(H,29,32)(H,30,31). The predicted molar refractivity (Wildman–Crippen MR) is 126 cm³/mol. The second-order valence-corrected chi connectivity index (χ2v) is 9.96. The minimum atomic E-state index is -1.00. The van der Waals surface area contributed by atoms with E-state index in [2.05, 4.69) is 34.9 Å². The van der Waals surface area contributed by atoms with Gasteiger partial charge in [-0.3, -0.25) is 4.79 Å². The molecule has 2 saturated carbocycles. The molecule has 3 unspecified atom stereocenters. The number of amides is 2. The number of rotatable bonds is 7. The maximum Gasteiger partial charge on any atom is 0.407 e. The van der Waals surface area contributed by atoms with Gasteiger partial charge in [-0.05, 0) is 60.8 Å². The van der Waals surface area contributed by atoms with Gasteiger partial charge in [-0.25, -0.2) is 9.59 Å². The Labute approximate surface area is 198 Å². The van der Waals surface area contributed by atoms with Crippen LogP contribution in [0.25, 0.3) is 11.1 Å². The van der Waals surface area contributed by atoms with Crippen molar-refractivity contribution in [1.29, 1.82) is 0 Å². The number of carbonyl (C=O) groups excluding carboxylic acids is 2. The summed E-state index contributed by atoms with van der Waals surface area (Å²) in [7, 11) is 0. The third-order valence-corrected chi connectivity index (χ3v) is 7.76. The molecule has 178 valence electrons. The third-order valence-electron chi connectivity index (χ3n) is 7.76. The fourth-order valence-electron chi connectivity index (χ4n) is 5.57. The number of carboxylic acids is 1. The molecule has 2 aromatic rings. The lowest BCUT2D eigenvalue weighted by molar-refractivity contribution is -0.144. The lowest BCUT2D eigenvalue weighted by Crippen LogP contribution is -2.55. The lowest BCUT2D eigenvalue weighted by atomic mass is 9.83. The van der Waals surface area contributed by atoms with Gasteiger partial charge in [0.2, 0.25) is 5.91 Å². The van der Waals surface area contributed by atoms with E-state index in [0.29, 0.717) is 12.8 Å². The number of aliphatic carboxylic acids is 1. The second-order valence-electron chi connectivity index (χ2n) is 9.96. The monoisotopic (exact) mass is 462 g/mol. The highest BCUT2D eigenvalue weighted by Crippen LogP contribution is 2.44. The van der Waals surface area contributed by atoms with E-state index in [1.165, 1.54) is 0 Å². The molecule has 2 amide bonds. The Balaban J connectivity index is 1.23. The number of nitrogens with one attached hydrogen (secondary N) is 2. The minimum absolute atomic E-state index is 0.00000520. The maximum atomic E-state index is 13.1. The molecule has 0 saturated heterocycles. The van der Waals surface area contributed by atoms with Gasteiger partial charge in [-0.2, -0.15) is 0 Å². The molecule has 34 heavy (non-hydrogen) atoms. The Morgan fingerprint density at radius 2 is 1.65 bits per heavy atom. The summed E-state index contributed by atoms with van der Waals surface area (Å²) in [5, 5.41) is 15.1. The first-order chi connectivity index (χ1) is 16.4. The van der Waals surface area contributed by atoms with Crippen LogP contribution in [0.2, 0.25) is 0 Å². The van der Waals surface area contributed by atoms with Crippen LogP contribution in [-0.4, -0.2) is 41.8 Å². The summed E-state index contributed by atoms with van der Waals surface area (Å²) in [5.74, 6) is -1.35. The number of carbonyl (C=O) groups is 3. The third kappa shape index (κ3) is 4.04. The molecule has 0 spiro atoms. The van der Waals surface area contributed by atoms with Crippen molar-refractivity contribution < 1.29 is 24.2 Å². The van der Waals surface area contributed by atoms with E-state index in [1.54, 1.807) is 6.92 Å². The Morgan fingerprint density at radius 3 is 2.24 bits per heavy atom. The fourth-order valence-corrected chi connectivity index (χ4v) is 5.57. The molecule has 0 radical (unpaired) electrons. The van der Waals surface area contributed by atoms with Crippen LogP contribution in [0.1, 0.15) is 56.1 Å². The van der Waals surface area contributed by atoms with Crippen LogP contribution in [-0.2, 0) is 14.3 Å². The van der Waals surface area contributed by atoms with Crippen LogP contribution >= 0.6 is 0 Å². The molecule has 3 atom stereocenters. The summed E-state index contributed by atoms with van der Waals surface area (Å²) in [6.45, 7) is 2.01. The number of hydrogen-bond donors (Lipinski definition) is 3. The first-order valence-corrected chi connectivity index (χ1v) is 12.0. The molecule has 3 N–H and O–H groups in total. The Hall–Kier alpha value is -3.35. The summed E-state index contributed by atoms with van der Waals surface area (Å²) >= 11 is 0. The first kappa shape index (κ1) is 22.4. The average Bonchev–Trinajstić information content (AvgIpc) is 3.53. The zero-order valence-corrected chi connectivity index (χ0v) is 19.3. The number of ether oxygens (including phenoxy) is 1. The molecular weight excluding hydrogens is 432 g/mol. The summed E-state index contributed by atoms with van der Waals surface area (Å²) in [6, 6.07) is 15.0. The highest BCUT2D eigenvalue weighted by molar-refractivity contribution is 5.89. The largest absolute Gasteiger partial charge is 0.480 e. The molecule has 2 fully saturated rings. The molecule has 0 aliphatic heterocycles. The first-order valence-electron chi connectivity index (χ1n) is 12.0. The van der Waals surface area contributed by atoms with Gasteiger partial charge in [0.1, 0.15) is 12.6 Å². The summed E-state index contributed by atoms with van der Waals surface area (Å²) in [5.41, 5.74) is 3.74. The Kier molecular flexibility index (Phi) is 5.80. The molecule has 3 aliphatic rings. The van der Waals surface area contributed by atoms with Crippen LogP contribution < -0.4 is 10.6 Å². The highest BCUT2D eigenvalue weighted by atomic mass is 16.5. The molecular formula is C27H30N2O5. The maximum absolute atomic E-state index is 13.1. The van der Waals surface area contributed by atoms with Crippen molar-refractivity contribution in [3.63, 3.8) is 0 Å². The normalized spacial score (nSPS) is 24.1. The van der Waals surface area contributed by atoms with Gasteiger partial charge in [0.05, 0.1) is 5.41 Å². The molecule has 7 nitrogen and oxygen atoms in total. The number of fused-ring (bicyclic) bond motifs is 3. The van der Waals surface area contributed by atoms with Crippen LogP contribution in [0, 0.1) is 11.3 Å². The average molecular weight is 463 g/mol. The number of benzene rings is 2. The van der Waals surface area contributed by atoms with Gasteiger partial charge >= 0.3 is 12.1 Å². The van der Waals surface area contributed by atoms with E-state index in [4.69, 9.17) is 4.74 Å². The quantitative estimate of drug-likeness (QED) is 0.576. The number of carboxylic acid groups (broad SMARTS) is 1. The van der Waals surface area contributed by atoms with Crippen molar-refractivity contribution in [2.45, 2.75) is 57.0 Å². The van der Waals surface area contributed by atoms with Crippen LogP contribution in [0.3, 0.4) is 0 Å². The van der Waals surface area contributed by atoms with E-state index in [9.17, 15) is 19.5 Å². The molecule has 3 aliphatic carbocycles. The molecule has 0 aromatic heterocycles. The van der Waals surface area contributed by atoms with Crippen molar-refractivity contribution in [2.24, 2.45) is 11.3 Å². The molecule has 5 rings (SSSR count). The van der Waals surface area contributed by atoms with Gasteiger partial charge in [-0.1, -0.05) is 55.0 Å². The van der Waals surface area contributed by atoms with Gasteiger partial charge in [0.25, 0.3) is 0 Å². The summed E-state index contributed by atoms with van der Waals surface area (Å²) in [4.78, 5) is 37.4. The summed E-state index contributed by atoms with van der Waals surface area (Å²) in [6.07, 6.45) is 3.09. The fraction of sp³-hybridized carbons (Fsp3) is 0.444. The van der Waals surface area contributed by atoms with Gasteiger partial charge < -0.3 is 20.5 Å².